The van der Waals surface area contributed by atoms with Crippen molar-refractivity contribution in [2.24, 2.45) is 5.41 Å². The third kappa shape index (κ3) is 3.20. The topological polar surface area (TPSA) is 55.2 Å². The van der Waals surface area contributed by atoms with Gasteiger partial charge in [0.15, 0.2) is 0 Å². The van der Waals surface area contributed by atoms with Crippen LogP contribution in [-0.2, 0) is 29.1 Å². The van der Waals surface area contributed by atoms with Gasteiger partial charge in [-0.3, -0.25) is 19.2 Å². The van der Waals surface area contributed by atoms with Gasteiger partial charge < -0.3 is 0 Å². The van der Waals surface area contributed by atoms with Crippen LogP contribution < -0.4 is 0 Å². The van der Waals surface area contributed by atoms with Crippen molar-refractivity contribution in [1.82, 2.24) is 14.7 Å². The Morgan fingerprint density at radius 3 is 2.24 bits per heavy atom. The number of aryl methyl sites for hydroxylation is 2. The maximum Gasteiger partial charge on any atom is 0.230 e. The van der Waals surface area contributed by atoms with Crippen LogP contribution in [0.1, 0.15) is 51.9 Å². The van der Waals surface area contributed by atoms with Gasteiger partial charge in [0.1, 0.15) is 0 Å². The molecule has 1 fully saturated rings. The van der Waals surface area contributed by atoms with Gasteiger partial charge in [-0.15, -0.1) is 0 Å². The number of hydrogen-bond donors (Lipinski definition) is 0. The number of likely N-dealkylation sites (tertiary alicyclic amines) is 1. The highest BCUT2D eigenvalue weighted by atomic mass is 79.9. The first kappa shape index (κ1) is 16.2. The third-order valence-electron chi connectivity index (χ3n) is 3.86. The Morgan fingerprint density at radius 1 is 1.19 bits per heavy atom. The summed E-state index contributed by atoms with van der Waals surface area (Å²) >= 11 is 3.56. The second-order valence-corrected chi connectivity index (χ2v) is 7.06. The molecule has 1 saturated heterocycles. The monoisotopic (exact) mass is 355 g/mol. The van der Waals surface area contributed by atoms with E-state index in [0.29, 0.717) is 19.4 Å². The lowest BCUT2D eigenvalue weighted by molar-refractivity contribution is -0.153. The largest absolute Gasteiger partial charge is 0.276 e. The molecule has 2 amide bonds. The van der Waals surface area contributed by atoms with Crippen LogP contribution in [0.15, 0.2) is 4.47 Å². The Balaban J connectivity index is 2.28. The first-order valence-corrected chi connectivity index (χ1v) is 8.15. The molecule has 0 aromatic carbocycles. The molecule has 0 unspecified atom stereocenters. The fourth-order valence-electron chi connectivity index (χ4n) is 2.71. The Bertz CT molecular complexity index is 558. The van der Waals surface area contributed by atoms with E-state index in [-0.39, 0.29) is 17.2 Å². The molecule has 0 atom stereocenters. The normalized spacial score (nSPS) is 18.4. The number of halogens is 1. The number of amides is 2. The van der Waals surface area contributed by atoms with Gasteiger partial charge in [-0.2, -0.15) is 5.10 Å². The minimum absolute atomic E-state index is 0.0925. The molecule has 1 aliphatic rings. The predicted octanol–water partition coefficient (Wildman–Crippen LogP) is 2.90. The maximum absolute atomic E-state index is 12.3. The second kappa shape index (κ2) is 5.91. The van der Waals surface area contributed by atoms with Crippen molar-refractivity contribution < 1.29 is 9.59 Å². The summed E-state index contributed by atoms with van der Waals surface area (Å²) in [4.78, 5) is 25.9. The predicted molar refractivity (Wildman–Crippen MR) is 83.6 cm³/mol. The fraction of sp³-hybridized carbons (Fsp3) is 0.667. The highest BCUT2D eigenvalue weighted by Crippen LogP contribution is 2.33. The maximum atomic E-state index is 12.3. The lowest BCUT2D eigenvalue weighted by atomic mass is 9.82. The Morgan fingerprint density at radius 2 is 1.76 bits per heavy atom. The molecule has 0 saturated carbocycles. The summed E-state index contributed by atoms with van der Waals surface area (Å²) in [6.07, 6.45) is 1.64. The molecule has 116 valence electrons. The zero-order valence-corrected chi connectivity index (χ0v) is 14.7. The molecule has 0 radical (unpaired) electrons. The van der Waals surface area contributed by atoms with E-state index in [2.05, 4.69) is 21.0 Å². The van der Waals surface area contributed by atoms with Crippen molar-refractivity contribution in [2.75, 3.05) is 0 Å². The van der Waals surface area contributed by atoms with Gasteiger partial charge in [0, 0.05) is 19.4 Å². The number of nitrogens with zero attached hydrogens (tertiary/aromatic N) is 3. The molecule has 0 spiro atoms. The molecule has 0 aliphatic carbocycles. The van der Waals surface area contributed by atoms with Crippen LogP contribution in [0.25, 0.3) is 0 Å². The van der Waals surface area contributed by atoms with Crippen LogP contribution in [0.4, 0.5) is 0 Å². The minimum Gasteiger partial charge on any atom is -0.276 e. The van der Waals surface area contributed by atoms with E-state index >= 15 is 0 Å². The molecule has 6 heteroatoms. The number of carbonyl (C=O) groups is 2. The molecule has 1 aromatic rings. The summed E-state index contributed by atoms with van der Waals surface area (Å²) < 4.78 is 2.78. The highest BCUT2D eigenvalue weighted by Gasteiger charge is 2.38. The summed E-state index contributed by atoms with van der Waals surface area (Å²) in [5.74, 6) is -0.185. The second-order valence-electron chi connectivity index (χ2n) is 6.27. The van der Waals surface area contributed by atoms with E-state index in [1.165, 1.54) is 4.90 Å². The lowest BCUT2D eigenvalue weighted by Gasteiger charge is -2.34. The summed E-state index contributed by atoms with van der Waals surface area (Å²) in [7, 11) is 0. The van der Waals surface area contributed by atoms with Gasteiger partial charge in [0.25, 0.3) is 0 Å². The van der Waals surface area contributed by atoms with Gasteiger partial charge in [-0.05, 0) is 34.7 Å². The Hall–Kier alpha value is -1.17. The van der Waals surface area contributed by atoms with Crippen molar-refractivity contribution >= 4 is 27.7 Å². The zero-order chi connectivity index (χ0) is 15.8. The SMILES string of the molecule is CCc1nn(CC)c(CN2C(=O)CC(C)(C)CC2=O)c1Br. The van der Waals surface area contributed by atoms with E-state index in [4.69, 9.17) is 0 Å². The first-order chi connectivity index (χ1) is 9.79. The molecular weight excluding hydrogens is 334 g/mol. The molecule has 2 rings (SSSR count). The smallest absolute Gasteiger partial charge is 0.230 e. The molecule has 2 heterocycles. The van der Waals surface area contributed by atoms with Gasteiger partial charge in [0.2, 0.25) is 11.8 Å². The van der Waals surface area contributed by atoms with Crippen LogP contribution in [0.2, 0.25) is 0 Å². The van der Waals surface area contributed by atoms with Gasteiger partial charge >= 0.3 is 0 Å². The van der Waals surface area contributed by atoms with E-state index in [0.717, 1.165) is 28.8 Å². The Kier molecular flexibility index (Phi) is 4.56. The number of aromatic nitrogens is 2. The third-order valence-corrected chi connectivity index (χ3v) is 4.78. The van der Waals surface area contributed by atoms with Crippen molar-refractivity contribution in [1.29, 1.82) is 0 Å². The van der Waals surface area contributed by atoms with Gasteiger partial charge in [0.05, 0.1) is 22.4 Å². The van der Waals surface area contributed by atoms with Crippen LogP contribution in [0, 0.1) is 5.41 Å². The fourth-order valence-corrected chi connectivity index (χ4v) is 3.40. The summed E-state index contributed by atoms with van der Waals surface area (Å²) in [5, 5.41) is 4.51. The standard InChI is InChI=1S/C15H22BrN3O2/c1-5-10-14(16)11(19(6-2)17-10)9-18-12(20)7-15(3,4)8-13(18)21/h5-9H2,1-4H3. The van der Waals surface area contributed by atoms with Crippen LogP contribution in [-0.4, -0.2) is 26.5 Å². The van der Waals surface area contributed by atoms with Gasteiger partial charge in [-0.25, -0.2) is 0 Å². The van der Waals surface area contributed by atoms with Crippen molar-refractivity contribution in [3.8, 4) is 0 Å². The number of rotatable bonds is 4. The molecule has 0 N–H and O–H groups in total. The highest BCUT2D eigenvalue weighted by molar-refractivity contribution is 9.10. The molecule has 5 nitrogen and oxygen atoms in total. The van der Waals surface area contributed by atoms with E-state index < -0.39 is 0 Å². The van der Waals surface area contributed by atoms with E-state index in [1.807, 2.05) is 32.4 Å². The molecule has 1 aliphatic heterocycles. The number of carbonyl (C=O) groups excluding carboxylic acids is 2. The summed E-state index contributed by atoms with van der Waals surface area (Å²) in [5.41, 5.74) is 1.63. The summed E-state index contributed by atoms with van der Waals surface area (Å²) in [6.45, 7) is 8.98. The number of piperidine rings is 1. The molecule has 21 heavy (non-hydrogen) atoms. The summed E-state index contributed by atoms with van der Waals surface area (Å²) in [6, 6.07) is 0. The van der Waals surface area contributed by atoms with E-state index in [9.17, 15) is 9.59 Å². The van der Waals surface area contributed by atoms with E-state index in [1.54, 1.807) is 0 Å². The number of imide groups is 1. The average molecular weight is 356 g/mol. The van der Waals surface area contributed by atoms with Crippen molar-refractivity contribution in [3.05, 3.63) is 15.9 Å². The van der Waals surface area contributed by atoms with Crippen molar-refractivity contribution in [3.63, 3.8) is 0 Å². The average Bonchev–Trinajstić information content (AvgIpc) is 2.69. The first-order valence-electron chi connectivity index (χ1n) is 7.36. The number of hydrogen-bond acceptors (Lipinski definition) is 3. The van der Waals surface area contributed by atoms with Crippen LogP contribution >= 0.6 is 15.9 Å². The van der Waals surface area contributed by atoms with Crippen LogP contribution in [0.5, 0.6) is 0 Å². The van der Waals surface area contributed by atoms with Crippen LogP contribution in [0.3, 0.4) is 0 Å². The molecule has 0 bridgehead atoms. The van der Waals surface area contributed by atoms with Gasteiger partial charge in [-0.1, -0.05) is 20.8 Å². The molecule has 1 aromatic heterocycles. The quantitative estimate of drug-likeness (QED) is 0.780. The Labute approximate surface area is 133 Å². The lowest BCUT2D eigenvalue weighted by Crippen LogP contribution is -2.45. The minimum atomic E-state index is -0.235. The van der Waals surface area contributed by atoms with Crippen molar-refractivity contribution in [2.45, 2.75) is 60.0 Å². The molecular formula is C15H22BrN3O2. The zero-order valence-electron chi connectivity index (χ0n) is 13.1.